The number of hydrogen-bond donors (Lipinski definition) is 2. The summed E-state index contributed by atoms with van der Waals surface area (Å²) in [5, 5.41) is 7.02. The van der Waals surface area contributed by atoms with Crippen molar-refractivity contribution in [3.63, 3.8) is 0 Å². The van der Waals surface area contributed by atoms with E-state index in [1.54, 1.807) is 7.11 Å². The van der Waals surface area contributed by atoms with Gasteiger partial charge in [-0.3, -0.25) is 9.89 Å². The van der Waals surface area contributed by atoms with Gasteiger partial charge in [0.2, 0.25) is 0 Å². The maximum Gasteiger partial charge on any atom is 0.191 e. The number of rotatable bonds is 8. The van der Waals surface area contributed by atoms with Gasteiger partial charge in [0, 0.05) is 53.5 Å². The second-order valence-electron chi connectivity index (χ2n) is 7.74. The highest BCUT2D eigenvalue weighted by atomic mass is 127. The summed E-state index contributed by atoms with van der Waals surface area (Å²) in [6, 6.07) is 8.81. The number of methoxy groups -OCH3 is 1. The van der Waals surface area contributed by atoms with Gasteiger partial charge >= 0.3 is 0 Å². The standard InChI is InChI=1S/C21H34N4O.HI/c1-22-20(24-17-21(9-5-10-21)11-15-26-2)23-12-14-25-13-8-18-6-3-4-7-19(18)16-25;/h3-4,6-7H,5,8-17H2,1-2H3,(H2,22,23,24);1H. The van der Waals surface area contributed by atoms with Gasteiger partial charge in [0.05, 0.1) is 0 Å². The molecule has 5 nitrogen and oxygen atoms in total. The number of halogens is 1. The molecule has 0 radical (unpaired) electrons. The Bertz CT molecular complexity index is 604. The second kappa shape index (κ2) is 11.2. The van der Waals surface area contributed by atoms with E-state index < -0.39 is 0 Å². The molecule has 1 aliphatic heterocycles. The fourth-order valence-corrected chi connectivity index (χ4v) is 4.08. The molecular weight excluding hydrogens is 451 g/mol. The number of nitrogens with zero attached hydrogens (tertiary/aromatic N) is 2. The first-order chi connectivity index (χ1) is 12.7. The first kappa shape index (κ1) is 22.4. The Labute approximate surface area is 181 Å². The van der Waals surface area contributed by atoms with Crippen LogP contribution in [0.1, 0.15) is 36.8 Å². The Morgan fingerprint density at radius 2 is 2.00 bits per heavy atom. The van der Waals surface area contributed by atoms with Crippen LogP contribution in [0.25, 0.3) is 0 Å². The summed E-state index contributed by atoms with van der Waals surface area (Å²) in [5.74, 6) is 0.922. The molecule has 0 bridgehead atoms. The molecule has 1 fully saturated rings. The summed E-state index contributed by atoms with van der Waals surface area (Å²) in [6.07, 6.45) is 6.24. The fourth-order valence-electron chi connectivity index (χ4n) is 4.08. The van der Waals surface area contributed by atoms with E-state index in [-0.39, 0.29) is 24.0 Å². The van der Waals surface area contributed by atoms with Gasteiger partial charge < -0.3 is 15.4 Å². The van der Waals surface area contributed by atoms with E-state index >= 15 is 0 Å². The smallest absolute Gasteiger partial charge is 0.191 e. The van der Waals surface area contributed by atoms with Crippen LogP contribution in [-0.2, 0) is 17.7 Å². The molecule has 1 aliphatic carbocycles. The zero-order chi connectivity index (χ0) is 18.2. The van der Waals surface area contributed by atoms with Crippen molar-refractivity contribution in [1.29, 1.82) is 0 Å². The summed E-state index contributed by atoms with van der Waals surface area (Å²) >= 11 is 0. The molecule has 0 saturated heterocycles. The van der Waals surface area contributed by atoms with E-state index in [0.717, 1.165) is 58.1 Å². The third kappa shape index (κ3) is 6.32. The van der Waals surface area contributed by atoms with Crippen LogP contribution in [0.15, 0.2) is 29.3 Å². The zero-order valence-corrected chi connectivity index (χ0v) is 19.1. The topological polar surface area (TPSA) is 48.9 Å². The van der Waals surface area contributed by atoms with E-state index in [4.69, 9.17) is 4.74 Å². The summed E-state index contributed by atoms with van der Waals surface area (Å²) in [5.41, 5.74) is 3.40. The van der Waals surface area contributed by atoms with Crippen molar-refractivity contribution in [2.45, 2.75) is 38.6 Å². The highest BCUT2D eigenvalue weighted by Crippen LogP contribution is 2.43. The quantitative estimate of drug-likeness (QED) is 0.337. The largest absolute Gasteiger partial charge is 0.385 e. The van der Waals surface area contributed by atoms with E-state index in [9.17, 15) is 0 Å². The van der Waals surface area contributed by atoms with E-state index in [1.165, 1.54) is 30.4 Å². The molecule has 0 unspecified atom stereocenters. The van der Waals surface area contributed by atoms with Crippen LogP contribution in [0.5, 0.6) is 0 Å². The molecular formula is C21H35IN4O. The number of nitrogens with one attached hydrogen (secondary N) is 2. The Kier molecular flexibility index (Phi) is 9.32. The van der Waals surface area contributed by atoms with Crippen LogP contribution in [0.3, 0.4) is 0 Å². The van der Waals surface area contributed by atoms with E-state index in [0.29, 0.717) is 5.41 Å². The van der Waals surface area contributed by atoms with Gasteiger partial charge in [-0.2, -0.15) is 0 Å². The normalized spacial score (nSPS) is 18.8. The lowest BCUT2D eigenvalue weighted by atomic mass is 9.67. The molecule has 1 saturated carbocycles. The van der Waals surface area contributed by atoms with Crippen molar-refractivity contribution in [2.24, 2.45) is 10.4 Å². The SMILES string of the molecule is CN=C(NCCN1CCc2ccccc2C1)NCC1(CCOC)CCC1.I. The van der Waals surface area contributed by atoms with Gasteiger partial charge in [0.15, 0.2) is 5.96 Å². The van der Waals surface area contributed by atoms with Crippen LogP contribution < -0.4 is 10.6 Å². The highest BCUT2D eigenvalue weighted by molar-refractivity contribution is 14.0. The number of guanidine groups is 1. The van der Waals surface area contributed by atoms with Crippen molar-refractivity contribution < 1.29 is 4.74 Å². The van der Waals surface area contributed by atoms with Crippen LogP contribution in [0.4, 0.5) is 0 Å². The van der Waals surface area contributed by atoms with Gasteiger partial charge in [0.25, 0.3) is 0 Å². The average Bonchev–Trinajstić information content (AvgIpc) is 2.65. The fraction of sp³-hybridized carbons (Fsp3) is 0.667. The van der Waals surface area contributed by atoms with Gasteiger partial charge in [-0.1, -0.05) is 30.7 Å². The van der Waals surface area contributed by atoms with Crippen LogP contribution >= 0.6 is 24.0 Å². The van der Waals surface area contributed by atoms with E-state index in [1.807, 2.05) is 7.05 Å². The Morgan fingerprint density at radius 1 is 1.22 bits per heavy atom. The van der Waals surface area contributed by atoms with Gasteiger partial charge in [0.1, 0.15) is 0 Å². The molecule has 0 spiro atoms. The first-order valence-electron chi connectivity index (χ1n) is 9.97. The molecule has 2 aliphatic rings. The van der Waals surface area contributed by atoms with Crippen LogP contribution in [0.2, 0.25) is 0 Å². The monoisotopic (exact) mass is 486 g/mol. The summed E-state index contributed by atoms with van der Waals surface area (Å²) in [4.78, 5) is 6.92. The maximum atomic E-state index is 5.28. The van der Waals surface area contributed by atoms with Crippen molar-refractivity contribution in [2.75, 3.05) is 46.9 Å². The van der Waals surface area contributed by atoms with E-state index in [2.05, 4.69) is 44.8 Å². The molecule has 1 aromatic carbocycles. The van der Waals surface area contributed by atoms with Crippen molar-refractivity contribution in [3.05, 3.63) is 35.4 Å². The Hall–Kier alpha value is -0.860. The Balaban J connectivity index is 0.00000261. The molecule has 27 heavy (non-hydrogen) atoms. The molecule has 6 heteroatoms. The third-order valence-electron chi connectivity index (χ3n) is 6.04. The maximum absolute atomic E-state index is 5.28. The lowest BCUT2D eigenvalue weighted by molar-refractivity contribution is 0.0732. The molecule has 3 rings (SSSR count). The Morgan fingerprint density at radius 3 is 2.67 bits per heavy atom. The van der Waals surface area contributed by atoms with Gasteiger partial charge in [-0.05, 0) is 42.2 Å². The van der Waals surface area contributed by atoms with Gasteiger partial charge in [-0.15, -0.1) is 24.0 Å². The van der Waals surface area contributed by atoms with Crippen molar-refractivity contribution >= 4 is 29.9 Å². The second-order valence-corrected chi connectivity index (χ2v) is 7.74. The molecule has 1 aromatic rings. The lowest BCUT2D eigenvalue weighted by Gasteiger charge is -2.42. The molecule has 0 amide bonds. The lowest BCUT2D eigenvalue weighted by Crippen LogP contribution is -2.48. The molecule has 2 N–H and O–H groups in total. The number of benzene rings is 1. The third-order valence-corrected chi connectivity index (χ3v) is 6.04. The first-order valence-corrected chi connectivity index (χ1v) is 9.97. The number of ether oxygens (including phenoxy) is 1. The molecule has 1 heterocycles. The van der Waals surface area contributed by atoms with Gasteiger partial charge in [-0.25, -0.2) is 0 Å². The summed E-state index contributed by atoms with van der Waals surface area (Å²) in [7, 11) is 3.65. The summed E-state index contributed by atoms with van der Waals surface area (Å²) < 4.78 is 5.28. The summed E-state index contributed by atoms with van der Waals surface area (Å²) in [6.45, 7) is 6.02. The minimum absolute atomic E-state index is 0. The van der Waals surface area contributed by atoms with Crippen molar-refractivity contribution in [1.82, 2.24) is 15.5 Å². The number of hydrogen-bond acceptors (Lipinski definition) is 3. The predicted octanol–water partition coefficient (Wildman–Crippen LogP) is 3.03. The number of aliphatic imine (C=N–C) groups is 1. The zero-order valence-electron chi connectivity index (χ0n) is 16.8. The minimum atomic E-state index is 0. The average molecular weight is 486 g/mol. The minimum Gasteiger partial charge on any atom is -0.385 e. The molecule has 152 valence electrons. The highest BCUT2D eigenvalue weighted by Gasteiger charge is 2.36. The van der Waals surface area contributed by atoms with Crippen LogP contribution in [0, 0.1) is 5.41 Å². The van der Waals surface area contributed by atoms with Crippen molar-refractivity contribution in [3.8, 4) is 0 Å². The predicted molar refractivity (Wildman–Crippen MR) is 123 cm³/mol. The molecule has 0 atom stereocenters. The number of fused-ring (bicyclic) bond motifs is 1. The van der Waals surface area contributed by atoms with Crippen LogP contribution in [-0.4, -0.2) is 57.8 Å². The molecule has 0 aromatic heterocycles.